The average Bonchev–Trinajstić information content (AvgIpc) is 2.70. The number of nitrogens with zero attached hydrogens (tertiary/aromatic N) is 4. The Kier molecular flexibility index (Phi) is 4.52. The summed E-state index contributed by atoms with van der Waals surface area (Å²) in [5, 5.41) is 3.51. The fourth-order valence-electron chi connectivity index (χ4n) is 2.45. The van der Waals surface area contributed by atoms with Gasteiger partial charge in [0.1, 0.15) is 22.7 Å². The van der Waals surface area contributed by atoms with E-state index in [1.54, 1.807) is 24.4 Å². The van der Waals surface area contributed by atoms with Gasteiger partial charge in [0.05, 0.1) is 23.0 Å². The van der Waals surface area contributed by atoms with E-state index in [-0.39, 0.29) is 0 Å². The third kappa shape index (κ3) is 3.64. The van der Waals surface area contributed by atoms with Crippen molar-refractivity contribution in [1.29, 1.82) is 0 Å². The van der Waals surface area contributed by atoms with E-state index in [1.807, 2.05) is 30.3 Å². The molecule has 0 saturated carbocycles. The molecular weight excluding hydrogens is 362 g/mol. The lowest BCUT2D eigenvalue weighted by molar-refractivity contribution is 0.461. The molecule has 4 aromatic rings. The Morgan fingerprint density at radius 1 is 1.04 bits per heavy atom. The maximum atomic E-state index is 5.99. The summed E-state index contributed by atoms with van der Waals surface area (Å²) in [6.07, 6.45) is 8.68. The molecule has 0 bridgehead atoms. The molecule has 0 aliphatic carbocycles. The molecule has 0 radical (unpaired) electrons. The van der Waals surface area contributed by atoms with Gasteiger partial charge in [-0.25, -0.2) is 19.9 Å². The molecule has 3 aromatic heterocycles. The zero-order valence-corrected chi connectivity index (χ0v) is 14.7. The zero-order chi connectivity index (χ0) is 18.6. The Bertz CT molecular complexity index is 1160. The summed E-state index contributed by atoms with van der Waals surface area (Å²) in [4.78, 5) is 17.0. The van der Waals surface area contributed by atoms with E-state index in [9.17, 15) is 0 Å². The van der Waals surface area contributed by atoms with Crippen LogP contribution in [-0.4, -0.2) is 19.9 Å². The number of hydrogen-bond acceptors (Lipinski definition) is 6. The van der Waals surface area contributed by atoms with Gasteiger partial charge in [-0.2, -0.15) is 0 Å². The van der Waals surface area contributed by atoms with Crippen molar-refractivity contribution in [1.82, 2.24) is 19.9 Å². The molecule has 0 unspecified atom stereocenters. The average molecular weight is 374 g/mol. The van der Waals surface area contributed by atoms with Gasteiger partial charge in [0.15, 0.2) is 5.82 Å². The van der Waals surface area contributed by atoms with Crippen LogP contribution in [0.4, 0.5) is 11.5 Å². The van der Waals surface area contributed by atoms with Crippen LogP contribution in [0.1, 0.15) is 5.56 Å². The Morgan fingerprint density at radius 2 is 1.89 bits per heavy atom. The molecule has 0 atom stereocenters. The Hall–Kier alpha value is -3.69. The highest BCUT2D eigenvalue weighted by molar-refractivity contribution is 6.29. The van der Waals surface area contributed by atoms with Crippen LogP contribution in [0.3, 0.4) is 0 Å². The maximum absolute atomic E-state index is 5.99. The summed E-state index contributed by atoms with van der Waals surface area (Å²) in [7, 11) is 0. The molecule has 6 nitrogen and oxygen atoms in total. The van der Waals surface area contributed by atoms with Crippen LogP contribution in [0, 0.1) is 12.3 Å². The minimum atomic E-state index is 0.350. The first kappa shape index (κ1) is 16.8. The van der Waals surface area contributed by atoms with Crippen molar-refractivity contribution in [2.75, 3.05) is 5.32 Å². The highest BCUT2D eigenvalue weighted by atomic mass is 35.5. The van der Waals surface area contributed by atoms with E-state index >= 15 is 0 Å². The number of para-hydroxylation sites is 1. The van der Waals surface area contributed by atoms with E-state index in [2.05, 4.69) is 31.2 Å². The van der Waals surface area contributed by atoms with Gasteiger partial charge in [-0.15, -0.1) is 6.42 Å². The second kappa shape index (κ2) is 7.28. The Morgan fingerprint density at radius 3 is 2.70 bits per heavy atom. The summed E-state index contributed by atoms with van der Waals surface area (Å²) in [5.74, 6) is 4.10. The molecule has 27 heavy (non-hydrogen) atoms. The number of rotatable bonds is 4. The van der Waals surface area contributed by atoms with E-state index in [0.717, 1.165) is 0 Å². The van der Waals surface area contributed by atoms with Gasteiger partial charge >= 0.3 is 0 Å². The van der Waals surface area contributed by atoms with Crippen molar-refractivity contribution in [3.8, 4) is 24.0 Å². The summed E-state index contributed by atoms with van der Waals surface area (Å²) < 4.78 is 5.75. The lowest BCUT2D eigenvalue weighted by Gasteiger charge is -2.10. The van der Waals surface area contributed by atoms with Gasteiger partial charge in [0.25, 0.3) is 0 Å². The normalized spacial score (nSPS) is 10.4. The number of nitrogens with one attached hydrogen (secondary N) is 1. The Balaban J connectivity index is 1.66. The van der Waals surface area contributed by atoms with Crippen LogP contribution in [-0.2, 0) is 0 Å². The van der Waals surface area contributed by atoms with Gasteiger partial charge in [0, 0.05) is 0 Å². The molecule has 0 amide bonds. The van der Waals surface area contributed by atoms with Crippen LogP contribution < -0.4 is 10.1 Å². The van der Waals surface area contributed by atoms with E-state index in [0.29, 0.717) is 44.9 Å². The van der Waals surface area contributed by atoms with Gasteiger partial charge in [-0.3, -0.25) is 0 Å². The standard InChI is InChI=1S/C20H12ClN5O/c1-2-13-10-14(11-22-20(13)27-15-6-4-3-5-7-15)25-19-18-16(23-12-24-19)8-9-17(21)26-18/h1,3-12H,(H,23,24,25). The van der Waals surface area contributed by atoms with Crippen molar-refractivity contribution in [2.45, 2.75) is 0 Å². The second-order valence-electron chi connectivity index (χ2n) is 5.49. The smallest absolute Gasteiger partial charge is 0.235 e. The van der Waals surface area contributed by atoms with Crippen LogP contribution in [0.5, 0.6) is 11.6 Å². The number of fused-ring (bicyclic) bond motifs is 1. The minimum Gasteiger partial charge on any atom is -0.438 e. The summed E-state index contributed by atoms with van der Waals surface area (Å²) in [6, 6.07) is 14.5. The largest absolute Gasteiger partial charge is 0.438 e. The number of pyridine rings is 2. The molecule has 3 heterocycles. The number of halogens is 1. The molecular formula is C20H12ClN5O. The van der Waals surface area contributed by atoms with Gasteiger partial charge in [0.2, 0.25) is 5.88 Å². The van der Waals surface area contributed by atoms with Crippen molar-refractivity contribution < 1.29 is 4.74 Å². The lowest BCUT2D eigenvalue weighted by Crippen LogP contribution is -2.00. The molecule has 130 valence electrons. The number of benzene rings is 1. The number of aromatic nitrogens is 4. The lowest BCUT2D eigenvalue weighted by atomic mass is 10.2. The van der Waals surface area contributed by atoms with E-state index in [1.165, 1.54) is 6.33 Å². The van der Waals surface area contributed by atoms with E-state index in [4.69, 9.17) is 22.8 Å². The highest BCUT2D eigenvalue weighted by Crippen LogP contribution is 2.27. The number of anilines is 2. The third-order valence-corrected chi connectivity index (χ3v) is 3.89. The molecule has 0 aliphatic rings. The molecule has 0 spiro atoms. The molecule has 7 heteroatoms. The zero-order valence-electron chi connectivity index (χ0n) is 13.9. The van der Waals surface area contributed by atoms with Crippen LogP contribution in [0.25, 0.3) is 11.0 Å². The first-order valence-electron chi connectivity index (χ1n) is 7.97. The van der Waals surface area contributed by atoms with Crippen molar-refractivity contribution in [3.63, 3.8) is 0 Å². The number of hydrogen-bond donors (Lipinski definition) is 1. The first-order chi connectivity index (χ1) is 13.2. The third-order valence-electron chi connectivity index (χ3n) is 3.68. The molecule has 0 saturated heterocycles. The maximum Gasteiger partial charge on any atom is 0.235 e. The fourth-order valence-corrected chi connectivity index (χ4v) is 2.60. The fraction of sp³-hybridized carbons (Fsp3) is 0. The minimum absolute atomic E-state index is 0.350. The van der Waals surface area contributed by atoms with Crippen molar-refractivity contribution in [3.05, 3.63) is 71.8 Å². The number of terminal acetylenes is 1. The monoisotopic (exact) mass is 373 g/mol. The predicted octanol–water partition coefficient (Wildman–Crippen LogP) is 4.59. The van der Waals surface area contributed by atoms with Gasteiger partial charge < -0.3 is 10.1 Å². The van der Waals surface area contributed by atoms with Crippen LogP contribution in [0.15, 0.2) is 61.1 Å². The van der Waals surface area contributed by atoms with Crippen molar-refractivity contribution in [2.24, 2.45) is 0 Å². The first-order valence-corrected chi connectivity index (χ1v) is 8.34. The highest BCUT2D eigenvalue weighted by Gasteiger charge is 2.10. The SMILES string of the molecule is C#Cc1cc(Nc2ncnc3ccc(Cl)nc23)cnc1Oc1ccccc1. The predicted molar refractivity (Wildman–Crippen MR) is 104 cm³/mol. The molecule has 0 fully saturated rings. The molecule has 1 aromatic carbocycles. The molecule has 1 N–H and O–H groups in total. The van der Waals surface area contributed by atoms with Crippen molar-refractivity contribution >= 4 is 34.1 Å². The van der Waals surface area contributed by atoms with Gasteiger partial charge in [-0.05, 0) is 30.3 Å². The topological polar surface area (TPSA) is 72.8 Å². The van der Waals surface area contributed by atoms with E-state index < -0.39 is 0 Å². The van der Waals surface area contributed by atoms with Gasteiger partial charge in [-0.1, -0.05) is 35.7 Å². The quantitative estimate of drug-likeness (QED) is 0.416. The summed E-state index contributed by atoms with van der Waals surface area (Å²) >= 11 is 5.99. The summed E-state index contributed by atoms with van der Waals surface area (Å²) in [6.45, 7) is 0. The van der Waals surface area contributed by atoms with Crippen LogP contribution >= 0.6 is 11.6 Å². The molecule has 0 aliphatic heterocycles. The Labute approximate surface area is 160 Å². The van der Waals surface area contributed by atoms with Crippen LogP contribution in [0.2, 0.25) is 5.15 Å². The summed E-state index contributed by atoms with van der Waals surface area (Å²) in [5.41, 5.74) is 2.38. The molecule has 4 rings (SSSR count). The number of ether oxygens (including phenoxy) is 1. The second-order valence-corrected chi connectivity index (χ2v) is 5.87.